The van der Waals surface area contributed by atoms with Crippen LogP contribution in [0.2, 0.25) is 0 Å². The second-order valence-corrected chi connectivity index (χ2v) is 6.10. The fourth-order valence-corrected chi connectivity index (χ4v) is 3.23. The lowest BCUT2D eigenvalue weighted by atomic mass is 10.0. The zero-order valence-electron chi connectivity index (χ0n) is 12.8. The van der Waals surface area contributed by atoms with Crippen molar-refractivity contribution < 1.29 is 4.79 Å². The summed E-state index contributed by atoms with van der Waals surface area (Å²) in [5, 5.41) is 2.96. The van der Waals surface area contributed by atoms with E-state index in [0.717, 1.165) is 32.1 Å². The van der Waals surface area contributed by atoms with E-state index in [1.165, 1.54) is 18.4 Å². The predicted molar refractivity (Wildman–Crippen MR) is 84.3 cm³/mol. The molecule has 0 aromatic heterocycles. The van der Waals surface area contributed by atoms with Crippen LogP contribution in [0.4, 0.5) is 4.79 Å². The Morgan fingerprint density at radius 1 is 1.24 bits per heavy atom. The highest BCUT2D eigenvalue weighted by Crippen LogP contribution is 2.29. The lowest BCUT2D eigenvalue weighted by molar-refractivity contribution is 0.0895. The van der Waals surface area contributed by atoms with Crippen molar-refractivity contribution in [2.24, 2.45) is 0 Å². The normalized spacial score (nSPS) is 23.1. The average Bonchev–Trinajstić information content (AvgIpc) is 3.33. The smallest absolute Gasteiger partial charge is 0.317 e. The topological polar surface area (TPSA) is 35.6 Å². The molecule has 1 aliphatic heterocycles. The summed E-state index contributed by atoms with van der Waals surface area (Å²) in [7, 11) is 0. The second-order valence-electron chi connectivity index (χ2n) is 6.10. The first-order valence-corrected chi connectivity index (χ1v) is 8.10. The van der Waals surface area contributed by atoms with Gasteiger partial charge in [0.1, 0.15) is 0 Å². The predicted octanol–water partition coefficient (Wildman–Crippen LogP) is 2.11. The Morgan fingerprint density at radius 2 is 2.00 bits per heavy atom. The molecule has 2 fully saturated rings. The minimum Gasteiger partial charge on any atom is -0.338 e. The minimum absolute atomic E-state index is 0.0916. The summed E-state index contributed by atoms with van der Waals surface area (Å²) in [5.41, 5.74) is 1.31. The number of benzene rings is 1. The first-order valence-electron chi connectivity index (χ1n) is 8.10. The molecule has 21 heavy (non-hydrogen) atoms. The number of piperazine rings is 1. The van der Waals surface area contributed by atoms with Crippen LogP contribution in [-0.4, -0.2) is 54.1 Å². The molecule has 1 aliphatic carbocycles. The van der Waals surface area contributed by atoms with E-state index in [9.17, 15) is 4.79 Å². The number of nitrogens with one attached hydrogen (secondary N) is 1. The summed E-state index contributed by atoms with van der Waals surface area (Å²) in [6.45, 7) is 5.55. The first-order chi connectivity index (χ1) is 10.3. The number of carbonyl (C=O) groups excluding carboxylic acids is 1. The molecule has 1 atom stereocenters. The fourth-order valence-electron chi connectivity index (χ4n) is 3.23. The van der Waals surface area contributed by atoms with E-state index in [4.69, 9.17) is 0 Å². The van der Waals surface area contributed by atoms with Crippen LogP contribution in [0.1, 0.15) is 25.3 Å². The first kappa shape index (κ1) is 14.4. The van der Waals surface area contributed by atoms with Crippen molar-refractivity contribution in [2.75, 3.05) is 26.2 Å². The third kappa shape index (κ3) is 3.56. The van der Waals surface area contributed by atoms with E-state index in [1.807, 2.05) is 17.9 Å². The molecule has 1 aromatic carbocycles. The Kier molecular flexibility index (Phi) is 4.44. The third-order valence-corrected chi connectivity index (χ3v) is 4.48. The summed E-state index contributed by atoms with van der Waals surface area (Å²) in [5.74, 6) is 0. The van der Waals surface area contributed by atoms with Crippen molar-refractivity contribution >= 4 is 6.03 Å². The molecule has 1 saturated carbocycles. The number of amides is 2. The van der Waals surface area contributed by atoms with E-state index in [2.05, 4.69) is 34.5 Å². The van der Waals surface area contributed by atoms with Crippen LogP contribution in [0.3, 0.4) is 0 Å². The molecular weight excluding hydrogens is 262 g/mol. The van der Waals surface area contributed by atoms with Crippen LogP contribution in [-0.2, 0) is 6.42 Å². The fraction of sp³-hybridized carbons (Fsp3) is 0.588. The number of hydrogen-bond donors (Lipinski definition) is 1. The molecule has 114 valence electrons. The van der Waals surface area contributed by atoms with Gasteiger partial charge in [0.2, 0.25) is 0 Å². The van der Waals surface area contributed by atoms with Crippen molar-refractivity contribution in [1.29, 1.82) is 0 Å². The van der Waals surface area contributed by atoms with Gasteiger partial charge in [0.05, 0.1) is 6.04 Å². The Hall–Kier alpha value is -1.55. The van der Waals surface area contributed by atoms with Gasteiger partial charge in [-0.2, -0.15) is 0 Å². The molecule has 0 unspecified atom stereocenters. The van der Waals surface area contributed by atoms with E-state index >= 15 is 0 Å². The molecule has 1 N–H and O–H groups in total. The van der Waals surface area contributed by atoms with Crippen molar-refractivity contribution in [1.82, 2.24) is 15.1 Å². The summed E-state index contributed by atoms with van der Waals surface area (Å²) in [6.07, 6.45) is 3.61. The molecule has 0 radical (unpaired) electrons. The van der Waals surface area contributed by atoms with Crippen molar-refractivity contribution in [2.45, 2.75) is 38.3 Å². The van der Waals surface area contributed by atoms with E-state index in [-0.39, 0.29) is 12.1 Å². The van der Waals surface area contributed by atoms with Crippen molar-refractivity contribution in [3.8, 4) is 0 Å². The lowest BCUT2D eigenvalue weighted by Gasteiger charge is -2.41. The summed E-state index contributed by atoms with van der Waals surface area (Å²) >= 11 is 0. The van der Waals surface area contributed by atoms with Gasteiger partial charge in [-0.15, -0.1) is 0 Å². The van der Waals surface area contributed by atoms with Crippen LogP contribution in [0.15, 0.2) is 30.3 Å². The van der Waals surface area contributed by atoms with Gasteiger partial charge in [0.15, 0.2) is 0 Å². The van der Waals surface area contributed by atoms with Gasteiger partial charge in [-0.05, 0) is 31.7 Å². The van der Waals surface area contributed by atoms with Gasteiger partial charge in [0, 0.05) is 32.2 Å². The van der Waals surface area contributed by atoms with Gasteiger partial charge in [-0.3, -0.25) is 4.90 Å². The quantitative estimate of drug-likeness (QED) is 0.920. The summed E-state index contributed by atoms with van der Waals surface area (Å²) < 4.78 is 0. The maximum absolute atomic E-state index is 12.3. The highest BCUT2D eigenvalue weighted by molar-refractivity contribution is 5.74. The SMILES string of the molecule is CCNC(=O)N1CCN(C2CC2)C[C@H]1Cc1ccccc1. The van der Waals surface area contributed by atoms with Crippen LogP contribution >= 0.6 is 0 Å². The Morgan fingerprint density at radius 3 is 2.67 bits per heavy atom. The minimum atomic E-state index is 0.0916. The van der Waals surface area contributed by atoms with Gasteiger partial charge >= 0.3 is 6.03 Å². The number of hydrogen-bond acceptors (Lipinski definition) is 2. The molecule has 4 heteroatoms. The molecule has 1 saturated heterocycles. The van der Waals surface area contributed by atoms with E-state index in [0.29, 0.717) is 6.54 Å². The van der Waals surface area contributed by atoms with Crippen molar-refractivity contribution in [3.63, 3.8) is 0 Å². The Balaban J connectivity index is 1.70. The van der Waals surface area contributed by atoms with Crippen LogP contribution in [0, 0.1) is 0 Å². The third-order valence-electron chi connectivity index (χ3n) is 4.48. The van der Waals surface area contributed by atoms with Crippen molar-refractivity contribution in [3.05, 3.63) is 35.9 Å². The zero-order chi connectivity index (χ0) is 14.7. The monoisotopic (exact) mass is 287 g/mol. The number of rotatable bonds is 4. The Bertz CT molecular complexity index is 472. The highest BCUT2D eigenvalue weighted by atomic mass is 16.2. The molecule has 0 bridgehead atoms. The highest BCUT2D eigenvalue weighted by Gasteiger charge is 2.37. The van der Waals surface area contributed by atoms with Crippen LogP contribution in [0.25, 0.3) is 0 Å². The zero-order valence-corrected chi connectivity index (χ0v) is 12.8. The largest absolute Gasteiger partial charge is 0.338 e. The second kappa shape index (κ2) is 6.48. The van der Waals surface area contributed by atoms with E-state index in [1.54, 1.807) is 0 Å². The van der Waals surface area contributed by atoms with Crippen LogP contribution in [0.5, 0.6) is 0 Å². The lowest BCUT2D eigenvalue weighted by Crippen LogP contribution is -2.58. The molecule has 0 spiro atoms. The maximum atomic E-state index is 12.3. The molecule has 1 aromatic rings. The molecule has 2 aliphatic rings. The van der Waals surface area contributed by atoms with Gasteiger partial charge in [-0.1, -0.05) is 30.3 Å². The molecule has 3 rings (SSSR count). The summed E-state index contributed by atoms with van der Waals surface area (Å²) in [6, 6.07) is 11.7. The molecular formula is C17H25N3O. The standard InChI is InChI=1S/C17H25N3O/c1-2-18-17(21)20-11-10-19(15-8-9-15)13-16(20)12-14-6-4-3-5-7-14/h3-7,15-16H,2,8-13H2,1H3,(H,18,21)/t16-/m1/s1. The van der Waals surface area contributed by atoms with Gasteiger partial charge in [0.25, 0.3) is 0 Å². The molecule has 2 amide bonds. The Labute approximate surface area is 127 Å². The van der Waals surface area contributed by atoms with Gasteiger partial charge in [-0.25, -0.2) is 4.79 Å². The summed E-state index contributed by atoms with van der Waals surface area (Å²) in [4.78, 5) is 16.9. The van der Waals surface area contributed by atoms with E-state index < -0.39 is 0 Å². The maximum Gasteiger partial charge on any atom is 0.317 e. The number of nitrogens with zero attached hydrogens (tertiary/aromatic N) is 2. The number of carbonyl (C=O) groups is 1. The van der Waals surface area contributed by atoms with Crippen LogP contribution < -0.4 is 5.32 Å². The average molecular weight is 287 g/mol. The molecule has 4 nitrogen and oxygen atoms in total. The van der Waals surface area contributed by atoms with Gasteiger partial charge < -0.3 is 10.2 Å². The molecule has 1 heterocycles. The number of urea groups is 1.